The first kappa shape index (κ1) is 8.89. The van der Waals surface area contributed by atoms with Crippen molar-refractivity contribution in [2.45, 2.75) is 25.2 Å². The van der Waals surface area contributed by atoms with Crippen LogP contribution in [-0.2, 0) is 10.2 Å². The molecule has 2 rings (SSSR count). The summed E-state index contributed by atoms with van der Waals surface area (Å²) in [6, 6.07) is 5.96. The Morgan fingerprint density at radius 1 is 1.50 bits per heavy atom. The van der Waals surface area contributed by atoms with Gasteiger partial charge in [0.15, 0.2) is 0 Å². The average molecular weight is 186 g/mol. The number of pyridine rings is 1. The highest BCUT2D eigenvalue weighted by Gasteiger charge is 2.46. The zero-order chi connectivity index (χ0) is 10.2. The number of rotatable bonds is 1. The van der Waals surface area contributed by atoms with Gasteiger partial charge in [-0.25, -0.2) is 0 Å². The molecule has 1 heterocycles. The van der Waals surface area contributed by atoms with E-state index in [9.17, 15) is 4.79 Å². The number of Topliss-reactive ketones (excluding diaryl/α,β-unsaturated/α-hetero) is 1. The Labute approximate surface area is 82.4 Å². The Balaban J connectivity index is 2.35. The zero-order valence-corrected chi connectivity index (χ0v) is 7.95. The molecule has 0 bridgehead atoms. The fourth-order valence-electron chi connectivity index (χ4n) is 1.69. The molecule has 3 nitrogen and oxygen atoms in total. The standard InChI is InChI=1S/C11H10N2O/c1-8-2-3-10(13-6-8)11(7-12)4-9(14)5-11/h2-3,6H,4-5H2,1H3. The van der Waals surface area contributed by atoms with E-state index in [2.05, 4.69) is 11.1 Å². The van der Waals surface area contributed by atoms with Gasteiger partial charge in [0, 0.05) is 19.0 Å². The summed E-state index contributed by atoms with van der Waals surface area (Å²) in [5, 5.41) is 9.03. The molecule has 0 atom stereocenters. The Morgan fingerprint density at radius 2 is 2.21 bits per heavy atom. The van der Waals surface area contributed by atoms with Crippen molar-refractivity contribution < 1.29 is 4.79 Å². The molecule has 1 aliphatic rings. The first-order valence-electron chi connectivity index (χ1n) is 4.52. The molecule has 0 radical (unpaired) electrons. The van der Waals surface area contributed by atoms with Crippen LogP contribution in [0.5, 0.6) is 0 Å². The van der Waals surface area contributed by atoms with Gasteiger partial charge in [-0.1, -0.05) is 6.07 Å². The maximum Gasteiger partial charge on any atom is 0.136 e. The third kappa shape index (κ3) is 1.20. The first-order chi connectivity index (χ1) is 6.66. The minimum atomic E-state index is -0.634. The second-order valence-corrected chi connectivity index (χ2v) is 3.81. The van der Waals surface area contributed by atoms with Crippen LogP contribution in [0.4, 0.5) is 0 Å². The van der Waals surface area contributed by atoms with Gasteiger partial charge < -0.3 is 0 Å². The quantitative estimate of drug-likeness (QED) is 0.668. The van der Waals surface area contributed by atoms with Crippen LogP contribution in [0.3, 0.4) is 0 Å². The van der Waals surface area contributed by atoms with Gasteiger partial charge in [0.25, 0.3) is 0 Å². The van der Waals surface area contributed by atoms with Crippen molar-refractivity contribution in [2.75, 3.05) is 0 Å². The predicted octanol–water partition coefficient (Wildman–Crippen LogP) is 1.51. The summed E-state index contributed by atoms with van der Waals surface area (Å²) in [4.78, 5) is 15.1. The lowest BCUT2D eigenvalue weighted by Crippen LogP contribution is -2.41. The molecule has 0 aliphatic heterocycles. The van der Waals surface area contributed by atoms with E-state index in [1.54, 1.807) is 6.20 Å². The number of aryl methyl sites for hydroxylation is 1. The van der Waals surface area contributed by atoms with Gasteiger partial charge in [-0.2, -0.15) is 5.26 Å². The summed E-state index contributed by atoms with van der Waals surface area (Å²) < 4.78 is 0. The number of nitriles is 1. The lowest BCUT2D eigenvalue weighted by molar-refractivity contribution is -0.126. The molecule has 0 spiro atoms. The van der Waals surface area contributed by atoms with Crippen molar-refractivity contribution in [1.29, 1.82) is 5.26 Å². The van der Waals surface area contributed by atoms with Crippen LogP contribution in [0.1, 0.15) is 24.1 Å². The zero-order valence-electron chi connectivity index (χ0n) is 7.95. The van der Waals surface area contributed by atoms with Crippen LogP contribution in [-0.4, -0.2) is 10.8 Å². The highest BCUT2D eigenvalue weighted by atomic mass is 16.1. The molecule has 0 aromatic carbocycles. The normalized spacial score (nSPS) is 18.4. The smallest absolute Gasteiger partial charge is 0.136 e. The van der Waals surface area contributed by atoms with Crippen LogP contribution < -0.4 is 0 Å². The van der Waals surface area contributed by atoms with Crippen molar-refractivity contribution in [3.05, 3.63) is 29.6 Å². The molecule has 1 fully saturated rings. The van der Waals surface area contributed by atoms with E-state index in [-0.39, 0.29) is 5.78 Å². The Kier molecular flexibility index (Phi) is 1.85. The van der Waals surface area contributed by atoms with Gasteiger partial charge in [-0.15, -0.1) is 0 Å². The van der Waals surface area contributed by atoms with Crippen molar-refractivity contribution in [3.63, 3.8) is 0 Å². The Bertz CT molecular complexity index is 406. The van der Waals surface area contributed by atoms with Gasteiger partial charge >= 0.3 is 0 Å². The Hall–Kier alpha value is -1.69. The molecule has 0 N–H and O–H groups in total. The summed E-state index contributed by atoms with van der Waals surface area (Å²) in [5.41, 5.74) is 1.16. The third-order valence-corrected chi connectivity index (χ3v) is 2.61. The molecule has 1 aromatic heterocycles. The SMILES string of the molecule is Cc1ccc(C2(C#N)CC(=O)C2)nc1. The molecule has 0 amide bonds. The summed E-state index contributed by atoms with van der Waals surface area (Å²) >= 11 is 0. The van der Waals surface area contributed by atoms with Crippen molar-refractivity contribution >= 4 is 5.78 Å². The largest absolute Gasteiger partial charge is 0.300 e. The third-order valence-electron chi connectivity index (χ3n) is 2.61. The molecular weight excluding hydrogens is 176 g/mol. The van der Waals surface area contributed by atoms with Crippen LogP contribution in [0.2, 0.25) is 0 Å². The second-order valence-electron chi connectivity index (χ2n) is 3.81. The van der Waals surface area contributed by atoms with Crippen LogP contribution in [0.15, 0.2) is 18.3 Å². The summed E-state index contributed by atoms with van der Waals surface area (Å²) in [7, 11) is 0. The summed E-state index contributed by atoms with van der Waals surface area (Å²) in [6.07, 6.45) is 2.37. The molecule has 1 aromatic rings. The molecular formula is C11H10N2O. The number of ketones is 1. The molecule has 0 saturated heterocycles. The Morgan fingerprint density at radius 3 is 2.64 bits per heavy atom. The minimum Gasteiger partial charge on any atom is -0.300 e. The molecule has 0 unspecified atom stereocenters. The van der Waals surface area contributed by atoms with Gasteiger partial charge in [-0.05, 0) is 18.6 Å². The van der Waals surface area contributed by atoms with Crippen LogP contribution >= 0.6 is 0 Å². The molecule has 3 heteroatoms. The molecule has 1 saturated carbocycles. The fraction of sp³-hybridized carbons (Fsp3) is 0.364. The van der Waals surface area contributed by atoms with E-state index >= 15 is 0 Å². The molecule has 70 valence electrons. The maximum absolute atomic E-state index is 10.9. The van der Waals surface area contributed by atoms with Crippen molar-refractivity contribution in [3.8, 4) is 6.07 Å². The van der Waals surface area contributed by atoms with E-state index in [0.717, 1.165) is 11.3 Å². The number of hydrogen-bond acceptors (Lipinski definition) is 3. The first-order valence-corrected chi connectivity index (χ1v) is 4.52. The van der Waals surface area contributed by atoms with E-state index in [0.29, 0.717) is 12.8 Å². The van der Waals surface area contributed by atoms with E-state index in [1.807, 2.05) is 19.1 Å². The topological polar surface area (TPSA) is 53.8 Å². The maximum atomic E-state index is 10.9. The number of hydrogen-bond donors (Lipinski definition) is 0. The van der Waals surface area contributed by atoms with Crippen LogP contribution in [0.25, 0.3) is 0 Å². The number of carbonyl (C=O) groups excluding carboxylic acids is 1. The molecule has 14 heavy (non-hydrogen) atoms. The van der Waals surface area contributed by atoms with Gasteiger partial charge in [-0.3, -0.25) is 9.78 Å². The number of carbonyl (C=O) groups is 1. The minimum absolute atomic E-state index is 0.147. The summed E-state index contributed by atoms with van der Waals surface area (Å²) in [5.74, 6) is 0.147. The lowest BCUT2D eigenvalue weighted by atomic mass is 9.66. The van der Waals surface area contributed by atoms with Crippen molar-refractivity contribution in [1.82, 2.24) is 4.98 Å². The number of nitrogens with zero attached hydrogens (tertiary/aromatic N) is 2. The average Bonchev–Trinajstić information content (AvgIpc) is 2.14. The summed E-state index contributed by atoms with van der Waals surface area (Å²) in [6.45, 7) is 1.95. The molecule has 1 aliphatic carbocycles. The fourth-order valence-corrected chi connectivity index (χ4v) is 1.69. The number of aromatic nitrogens is 1. The van der Waals surface area contributed by atoms with Gasteiger partial charge in [0.05, 0.1) is 11.8 Å². The predicted molar refractivity (Wildman–Crippen MR) is 50.5 cm³/mol. The van der Waals surface area contributed by atoms with E-state index < -0.39 is 5.41 Å². The van der Waals surface area contributed by atoms with Gasteiger partial charge in [0.1, 0.15) is 11.2 Å². The van der Waals surface area contributed by atoms with E-state index in [1.165, 1.54) is 0 Å². The van der Waals surface area contributed by atoms with Crippen LogP contribution in [0, 0.1) is 18.3 Å². The highest BCUT2D eigenvalue weighted by molar-refractivity contribution is 5.89. The lowest BCUT2D eigenvalue weighted by Gasteiger charge is -2.32. The van der Waals surface area contributed by atoms with E-state index in [4.69, 9.17) is 5.26 Å². The van der Waals surface area contributed by atoms with Gasteiger partial charge in [0.2, 0.25) is 0 Å². The highest BCUT2D eigenvalue weighted by Crippen LogP contribution is 2.39. The second kappa shape index (κ2) is 2.91. The van der Waals surface area contributed by atoms with Crippen molar-refractivity contribution in [2.24, 2.45) is 0 Å². The monoisotopic (exact) mass is 186 g/mol.